The first-order valence-corrected chi connectivity index (χ1v) is 8.87. The SMILES string of the molecule is Cc1[nH]ncc1C(=O)N1CCN(C(=O)c2ccc3nnc(C)n3c2)C[C@@H]1C. The van der Waals surface area contributed by atoms with E-state index in [9.17, 15) is 9.59 Å². The molecule has 4 rings (SSSR count). The maximum atomic E-state index is 12.9. The summed E-state index contributed by atoms with van der Waals surface area (Å²) in [6, 6.07) is 3.48. The summed E-state index contributed by atoms with van der Waals surface area (Å²) in [7, 11) is 0. The summed E-state index contributed by atoms with van der Waals surface area (Å²) in [5, 5.41) is 14.8. The van der Waals surface area contributed by atoms with Crippen LogP contribution in [0.2, 0.25) is 0 Å². The summed E-state index contributed by atoms with van der Waals surface area (Å²) in [6.45, 7) is 7.10. The van der Waals surface area contributed by atoms with Gasteiger partial charge < -0.3 is 9.80 Å². The molecular weight excluding hydrogens is 346 g/mol. The predicted octanol–water partition coefficient (Wildman–Crippen LogP) is 1.06. The Bertz CT molecular complexity index is 1020. The smallest absolute Gasteiger partial charge is 0.257 e. The van der Waals surface area contributed by atoms with Crippen LogP contribution in [0.25, 0.3) is 5.65 Å². The normalized spacial score (nSPS) is 17.5. The highest BCUT2D eigenvalue weighted by atomic mass is 16.2. The number of nitrogens with one attached hydrogen (secondary N) is 1. The molecule has 1 aliphatic heterocycles. The minimum Gasteiger partial charge on any atom is -0.335 e. The first-order chi connectivity index (χ1) is 13.0. The molecule has 1 atom stereocenters. The molecule has 0 spiro atoms. The fourth-order valence-electron chi connectivity index (χ4n) is 3.48. The fourth-order valence-corrected chi connectivity index (χ4v) is 3.48. The van der Waals surface area contributed by atoms with Crippen LogP contribution in [0.3, 0.4) is 0 Å². The molecule has 3 aromatic rings. The van der Waals surface area contributed by atoms with E-state index in [1.807, 2.05) is 20.8 Å². The highest BCUT2D eigenvalue weighted by molar-refractivity contribution is 5.96. The van der Waals surface area contributed by atoms with Gasteiger partial charge >= 0.3 is 0 Å². The average Bonchev–Trinajstić information content (AvgIpc) is 3.26. The van der Waals surface area contributed by atoms with Crippen LogP contribution in [0, 0.1) is 13.8 Å². The van der Waals surface area contributed by atoms with Gasteiger partial charge in [-0.15, -0.1) is 10.2 Å². The Balaban J connectivity index is 1.50. The van der Waals surface area contributed by atoms with Crippen LogP contribution in [0.4, 0.5) is 0 Å². The van der Waals surface area contributed by atoms with Crippen molar-refractivity contribution in [2.75, 3.05) is 19.6 Å². The molecule has 0 aliphatic carbocycles. The standard InChI is InChI=1S/C18H21N7O2/c1-11-9-23(6-7-24(11)18(27)15-8-19-20-12(15)2)17(26)14-4-5-16-22-21-13(3)25(16)10-14/h4-5,8,10-11H,6-7,9H2,1-3H3,(H,19,20)/t11-/m0/s1. The van der Waals surface area contributed by atoms with E-state index in [4.69, 9.17) is 0 Å². The Hall–Kier alpha value is -3.23. The van der Waals surface area contributed by atoms with Crippen LogP contribution < -0.4 is 0 Å². The third kappa shape index (κ3) is 2.94. The number of hydrogen-bond acceptors (Lipinski definition) is 5. The molecule has 1 N–H and O–H groups in total. The first-order valence-electron chi connectivity index (χ1n) is 8.87. The molecule has 0 aromatic carbocycles. The lowest BCUT2D eigenvalue weighted by Gasteiger charge is -2.39. The average molecular weight is 367 g/mol. The number of nitrogens with zero attached hydrogens (tertiary/aromatic N) is 6. The monoisotopic (exact) mass is 367 g/mol. The Morgan fingerprint density at radius 3 is 2.67 bits per heavy atom. The zero-order chi connectivity index (χ0) is 19.1. The highest BCUT2D eigenvalue weighted by Gasteiger charge is 2.31. The van der Waals surface area contributed by atoms with Crippen molar-refractivity contribution in [2.45, 2.75) is 26.8 Å². The van der Waals surface area contributed by atoms with Crippen LogP contribution in [0.15, 0.2) is 24.5 Å². The quantitative estimate of drug-likeness (QED) is 0.730. The van der Waals surface area contributed by atoms with Crippen molar-refractivity contribution in [1.29, 1.82) is 0 Å². The summed E-state index contributed by atoms with van der Waals surface area (Å²) in [5.74, 6) is 0.629. The minimum absolute atomic E-state index is 0.0524. The van der Waals surface area contributed by atoms with Gasteiger partial charge in [0, 0.05) is 37.6 Å². The lowest BCUT2D eigenvalue weighted by molar-refractivity contribution is 0.0413. The lowest BCUT2D eigenvalue weighted by Crippen LogP contribution is -2.55. The molecule has 9 nitrogen and oxygen atoms in total. The van der Waals surface area contributed by atoms with Gasteiger partial charge in [0.15, 0.2) is 5.65 Å². The summed E-state index contributed by atoms with van der Waals surface area (Å²) >= 11 is 0. The molecule has 0 unspecified atom stereocenters. The lowest BCUT2D eigenvalue weighted by atomic mass is 10.1. The number of aromatic amines is 1. The van der Waals surface area contributed by atoms with Gasteiger partial charge in [-0.05, 0) is 32.9 Å². The van der Waals surface area contributed by atoms with Crippen molar-refractivity contribution in [3.63, 3.8) is 0 Å². The van der Waals surface area contributed by atoms with Crippen molar-refractivity contribution in [3.8, 4) is 0 Å². The first kappa shape index (κ1) is 17.2. The molecule has 4 heterocycles. The molecule has 3 aromatic heterocycles. The Kier molecular flexibility index (Phi) is 4.14. The molecule has 1 saturated heterocycles. The molecular formula is C18H21N7O2. The number of fused-ring (bicyclic) bond motifs is 1. The van der Waals surface area contributed by atoms with Gasteiger partial charge in [-0.1, -0.05) is 0 Å². The van der Waals surface area contributed by atoms with E-state index in [1.54, 1.807) is 38.7 Å². The van der Waals surface area contributed by atoms with Crippen LogP contribution in [-0.2, 0) is 0 Å². The van der Waals surface area contributed by atoms with Crippen LogP contribution in [-0.4, -0.2) is 72.1 Å². The van der Waals surface area contributed by atoms with Crippen molar-refractivity contribution in [1.82, 2.24) is 34.6 Å². The zero-order valence-electron chi connectivity index (χ0n) is 15.5. The third-order valence-corrected chi connectivity index (χ3v) is 5.06. The summed E-state index contributed by atoms with van der Waals surface area (Å²) < 4.78 is 1.80. The number of hydrogen-bond donors (Lipinski definition) is 1. The van der Waals surface area contributed by atoms with E-state index < -0.39 is 0 Å². The second kappa shape index (κ2) is 6.49. The number of rotatable bonds is 2. The van der Waals surface area contributed by atoms with E-state index in [0.29, 0.717) is 36.4 Å². The van der Waals surface area contributed by atoms with Gasteiger partial charge in [0.1, 0.15) is 5.82 Å². The Morgan fingerprint density at radius 1 is 1.15 bits per heavy atom. The van der Waals surface area contributed by atoms with Crippen LogP contribution in [0.5, 0.6) is 0 Å². The fraction of sp³-hybridized carbons (Fsp3) is 0.389. The second-order valence-electron chi connectivity index (χ2n) is 6.90. The molecule has 2 amide bonds. The summed E-state index contributed by atoms with van der Waals surface area (Å²) in [5.41, 5.74) is 2.63. The van der Waals surface area contributed by atoms with Gasteiger partial charge in [0.05, 0.1) is 17.3 Å². The largest absolute Gasteiger partial charge is 0.335 e. The number of carbonyl (C=O) groups is 2. The van der Waals surface area contributed by atoms with Crippen LogP contribution in [0.1, 0.15) is 39.2 Å². The number of H-pyrrole nitrogens is 1. The molecule has 9 heteroatoms. The molecule has 140 valence electrons. The topological polar surface area (TPSA) is 99.5 Å². The molecule has 0 radical (unpaired) electrons. The molecule has 0 bridgehead atoms. The van der Waals surface area contributed by atoms with Gasteiger partial charge in [-0.3, -0.25) is 19.1 Å². The number of piperazine rings is 1. The number of aryl methyl sites for hydroxylation is 2. The highest BCUT2D eigenvalue weighted by Crippen LogP contribution is 2.17. The molecule has 1 fully saturated rings. The van der Waals surface area contributed by atoms with Crippen molar-refractivity contribution >= 4 is 17.5 Å². The number of carbonyl (C=O) groups excluding carboxylic acids is 2. The Morgan fingerprint density at radius 2 is 1.96 bits per heavy atom. The van der Waals surface area contributed by atoms with Gasteiger partial charge in [0.2, 0.25) is 0 Å². The summed E-state index contributed by atoms with van der Waals surface area (Å²) in [6.07, 6.45) is 3.32. The number of pyridine rings is 1. The zero-order valence-corrected chi connectivity index (χ0v) is 15.5. The summed E-state index contributed by atoms with van der Waals surface area (Å²) in [4.78, 5) is 29.3. The van der Waals surface area contributed by atoms with E-state index in [2.05, 4.69) is 20.4 Å². The van der Waals surface area contributed by atoms with Gasteiger partial charge in [-0.2, -0.15) is 5.10 Å². The molecule has 1 aliphatic rings. The number of amides is 2. The van der Waals surface area contributed by atoms with Crippen molar-refractivity contribution < 1.29 is 9.59 Å². The maximum absolute atomic E-state index is 12.9. The van der Waals surface area contributed by atoms with Crippen molar-refractivity contribution in [2.24, 2.45) is 0 Å². The van der Waals surface area contributed by atoms with Crippen LogP contribution >= 0.6 is 0 Å². The van der Waals surface area contributed by atoms with E-state index in [0.717, 1.165) is 11.5 Å². The molecule has 27 heavy (non-hydrogen) atoms. The third-order valence-electron chi connectivity index (χ3n) is 5.06. The number of aromatic nitrogens is 5. The van der Waals surface area contributed by atoms with Gasteiger partial charge in [0.25, 0.3) is 11.8 Å². The van der Waals surface area contributed by atoms with E-state index in [-0.39, 0.29) is 17.9 Å². The Labute approximate surface area is 156 Å². The minimum atomic E-state index is -0.0788. The maximum Gasteiger partial charge on any atom is 0.257 e. The van der Waals surface area contributed by atoms with E-state index >= 15 is 0 Å². The molecule has 0 saturated carbocycles. The van der Waals surface area contributed by atoms with Gasteiger partial charge in [-0.25, -0.2) is 0 Å². The van der Waals surface area contributed by atoms with Crippen molar-refractivity contribution in [3.05, 3.63) is 47.2 Å². The second-order valence-corrected chi connectivity index (χ2v) is 6.90. The predicted molar refractivity (Wildman–Crippen MR) is 97.5 cm³/mol. The van der Waals surface area contributed by atoms with E-state index in [1.165, 1.54) is 0 Å².